The number of carbonyl (C=O) groups excluding carboxylic acids is 3. The number of hydrogen-bond acceptors (Lipinski definition) is 8. The van der Waals surface area contributed by atoms with Crippen LogP contribution in [0.1, 0.15) is 32.3 Å². The molecule has 1 fully saturated rings. The third-order valence-corrected chi connectivity index (χ3v) is 7.22. The summed E-state index contributed by atoms with van der Waals surface area (Å²) in [5, 5.41) is 3.01. The van der Waals surface area contributed by atoms with Crippen LogP contribution in [0.15, 0.2) is 47.1 Å². The molecule has 1 N–H and O–H groups in total. The molecule has 0 saturated carbocycles. The molecule has 0 radical (unpaired) electrons. The molecule has 10 heteroatoms. The predicted octanol–water partition coefficient (Wildman–Crippen LogP) is 3.09. The van der Waals surface area contributed by atoms with Crippen LogP contribution in [0, 0.1) is 5.92 Å². The number of methoxy groups -OCH3 is 1. The summed E-state index contributed by atoms with van der Waals surface area (Å²) in [6, 6.07) is 11.1. The van der Waals surface area contributed by atoms with Crippen molar-refractivity contribution in [2.45, 2.75) is 12.8 Å². The molecule has 0 spiro atoms. The first-order valence-electron chi connectivity index (χ1n) is 11.1. The van der Waals surface area contributed by atoms with Crippen LogP contribution in [0.4, 0.5) is 10.8 Å². The summed E-state index contributed by atoms with van der Waals surface area (Å²) in [6.07, 6.45) is 1.97. The van der Waals surface area contributed by atoms with E-state index in [1.807, 2.05) is 29.2 Å². The Balaban J connectivity index is 1.20. The van der Waals surface area contributed by atoms with E-state index in [4.69, 9.17) is 9.15 Å². The first-order chi connectivity index (χ1) is 16.5. The predicted molar refractivity (Wildman–Crippen MR) is 127 cm³/mol. The van der Waals surface area contributed by atoms with E-state index in [2.05, 4.69) is 15.2 Å². The molecule has 34 heavy (non-hydrogen) atoms. The van der Waals surface area contributed by atoms with Crippen LogP contribution >= 0.6 is 11.3 Å². The number of Topliss-reactive ketones (excluding diaryl/α,β-unsaturated/α-hetero) is 1. The van der Waals surface area contributed by atoms with Gasteiger partial charge in [-0.05, 0) is 36.4 Å². The van der Waals surface area contributed by atoms with E-state index in [0.29, 0.717) is 35.2 Å². The Kier molecular flexibility index (Phi) is 6.06. The monoisotopic (exact) mass is 480 g/mol. The van der Waals surface area contributed by atoms with Gasteiger partial charge in [0.25, 0.3) is 5.91 Å². The summed E-state index contributed by atoms with van der Waals surface area (Å²) in [7, 11) is 1.64. The van der Waals surface area contributed by atoms with Crippen molar-refractivity contribution in [3.8, 4) is 5.75 Å². The number of nitrogens with zero attached hydrogens (tertiary/aromatic N) is 3. The Morgan fingerprint density at radius 1 is 1.12 bits per heavy atom. The maximum absolute atomic E-state index is 13.2. The molecule has 5 rings (SSSR count). The lowest BCUT2D eigenvalue weighted by Crippen LogP contribution is -2.51. The highest BCUT2D eigenvalue weighted by Gasteiger charge is 2.36. The standard InChI is InChI=1S/C24H24N4O5S/c1-32-17-6-4-16(5-7-17)27-8-10-28(11-9-27)23(31)15-13-18-21(19(29)14-15)34-24(25-18)26-22(30)20-3-2-12-33-20/h2-7,12,15H,8-11,13-14H2,1H3,(H,25,26,30)/t15-/m0/s1. The summed E-state index contributed by atoms with van der Waals surface area (Å²) < 4.78 is 10.3. The lowest BCUT2D eigenvalue weighted by Gasteiger charge is -2.38. The van der Waals surface area contributed by atoms with Crippen molar-refractivity contribution < 1.29 is 23.5 Å². The molecule has 2 aliphatic rings. The maximum Gasteiger partial charge on any atom is 0.293 e. The minimum absolute atomic E-state index is 0.0115. The molecular weight excluding hydrogens is 456 g/mol. The van der Waals surface area contributed by atoms with Crippen LogP contribution in [0.3, 0.4) is 0 Å². The van der Waals surface area contributed by atoms with Gasteiger partial charge in [-0.25, -0.2) is 4.98 Å². The van der Waals surface area contributed by atoms with Gasteiger partial charge in [0.1, 0.15) is 5.75 Å². The molecule has 1 atom stereocenters. The van der Waals surface area contributed by atoms with Gasteiger partial charge in [0.2, 0.25) is 5.91 Å². The molecule has 2 aromatic heterocycles. The highest BCUT2D eigenvalue weighted by molar-refractivity contribution is 7.17. The van der Waals surface area contributed by atoms with Crippen LogP contribution in [0.25, 0.3) is 0 Å². The fraction of sp³-hybridized carbons (Fsp3) is 0.333. The van der Waals surface area contributed by atoms with Crippen LogP contribution < -0.4 is 15.0 Å². The van der Waals surface area contributed by atoms with E-state index < -0.39 is 11.8 Å². The Labute approximate surface area is 200 Å². The summed E-state index contributed by atoms with van der Waals surface area (Å²) in [5.74, 6) is 0.00939. The lowest BCUT2D eigenvalue weighted by atomic mass is 9.88. The number of amides is 2. The van der Waals surface area contributed by atoms with Gasteiger partial charge in [0, 0.05) is 44.7 Å². The number of anilines is 2. The zero-order chi connectivity index (χ0) is 23.7. The average Bonchev–Trinajstić information content (AvgIpc) is 3.54. The number of rotatable bonds is 5. The number of piperazine rings is 1. The highest BCUT2D eigenvalue weighted by Crippen LogP contribution is 2.33. The Bertz CT molecular complexity index is 1200. The topological polar surface area (TPSA) is 105 Å². The number of aromatic nitrogens is 1. The normalized spacial score (nSPS) is 17.9. The minimum atomic E-state index is -0.428. The number of benzene rings is 1. The summed E-state index contributed by atoms with van der Waals surface area (Å²) in [5.41, 5.74) is 1.67. The number of ketones is 1. The highest BCUT2D eigenvalue weighted by atomic mass is 32.1. The SMILES string of the molecule is COc1ccc(N2CCN(C(=O)[C@@H]3CC(=O)c4sc(NC(=O)c5ccco5)nc4C3)CC2)cc1. The lowest BCUT2D eigenvalue weighted by molar-refractivity contribution is -0.135. The largest absolute Gasteiger partial charge is 0.497 e. The number of furan rings is 1. The molecule has 9 nitrogen and oxygen atoms in total. The second kappa shape index (κ2) is 9.30. The van der Waals surface area contributed by atoms with Crippen LogP contribution in [0.2, 0.25) is 0 Å². The van der Waals surface area contributed by atoms with Crippen LogP contribution in [-0.4, -0.2) is 60.8 Å². The second-order valence-electron chi connectivity index (χ2n) is 8.26. The van der Waals surface area contributed by atoms with Crippen LogP contribution in [0.5, 0.6) is 5.75 Å². The fourth-order valence-corrected chi connectivity index (χ4v) is 5.30. The summed E-state index contributed by atoms with van der Waals surface area (Å²) in [6.45, 7) is 2.65. The van der Waals surface area contributed by atoms with Crippen molar-refractivity contribution in [1.82, 2.24) is 9.88 Å². The van der Waals surface area contributed by atoms with Gasteiger partial charge in [0.15, 0.2) is 16.7 Å². The Hall–Kier alpha value is -3.66. The average molecular weight is 481 g/mol. The number of fused-ring (bicyclic) bond motifs is 1. The number of ether oxygens (including phenoxy) is 1. The molecule has 0 unspecified atom stereocenters. The molecule has 1 aliphatic heterocycles. The molecule has 176 valence electrons. The van der Waals surface area contributed by atoms with E-state index in [1.54, 1.807) is 19.2 Å². The molecule has 2 amide bonds. The van der Waals surface area contributed by atoms with Gasteiger partial charge in [-0.1, -0.05) is 11.3 Å². The van der Waals surface area contributed by atoms with E-state index >= 15 is 0 Å². The molecule has 1 aromatic carbocycles. The Morgan fingerprint density at radius 2 is 1.88 bits per heavy atom. The third-order valence-electron chi connectivity index (χ3n) is 6.17. The quantitative estimate of drug-likeness (QED) is 0.598. The van der Waals surface area contributed by atoms with Crippen molar-refractivity contribution in [1.29, 1.82) is 0 Å². The molecular formula is C24H24N4O5S. The second-order valence-corrected chi connectivity index (χ2v) is 9.26. The maximum atomic E-state index is 13.2. The number of carbonyl (C=O) groups is 3. The molecule has 3 heterocycles. The number of hydrogen-bond donors (Lipinski definition) is 1. The van der Waals surface area contributed by atoms with Gasteiger partial charge < -0.3 is 19.0 Å². The van der Waals surface area contributed by atoms with Gasteiger partial charge in [-0.15, -0.1) is 0 Å². The third kappa shape index (κ3) is 4.41. The fourth-order valence-electron chi connectivity index (χ4n) is 4.36. The van der Waals surface area contributed by atoms with Crippen LogP contribution in [-0.2, 0) is 11.2 Å². The van der Waals surface area contributed by atoms with E-state index in [0.717, 1.165) is 35.9 Å². The minimum Gasteiger partial charge on any atom is -0.497 e. The van der Waals surface area contributed by atoms with Crippen molar-refractivity contribution in [3.63, 3.8) is 0 Å². The van der Waals surface area contributed by atoms with Crippen molar-refractivity contribution in [2.24, 2.45) is 5.92 Å². The van der Waals surface area contributed by atoms with E-state index in [-0.39, 0.29) is 23.9 Å². The molecule has 1 aliphatic carbocycles. The zero-order valence-electron chi connectivity index (χ0n) is 18.7. The number of thiazole rings is 1. The molecule has 3 aromatic rings. The van der Waals surface area contributed by atoms with Crippen molar-refractivity contribution in [3.05, 3.63) is 59.0 Å². The summed E-state index contributed by atoms with van der Waals surface area (Å²) in [4.78, 5) is 47.2. The molecule has 0 bridgehead atoms. The van der Waals surface area contributed by atoms with Crippen molar-refractivity contribution in [2.75, 3.05) is 43.5 Å². The summed E-state index contributed by atoms with van der Waals surface area (Å²) >= 11 is 1.14. The zero-order valence-corrected chi connectivity index (χ0v) is 19.5. The number of nitrogens with one attached hydrogen (secondary N) is 1. The molecule has 1 saturated heterocycles. The van der Waals surface area contributed by atoms with Crippen molar-refractivity contribution >= 4 is 39.8 Å². The van der Waals surface area contributed by atoms with Gasteiger partial charge in [0.05, 0.1) is 29.9 Å². The van der Waals surface area contributed by atoms with E-state index in [1.165, 1.54) is 6.26 Å². The van der Waals surface area contributed by atoms with Gasteiger partial charge >= 0.3 is 0 Å². The Morgan fingerprint density at radius 3 is 2.56 bits per heavy atom. The van der Waals surface area contributed by atoms with Gasteiger partial charge in [-0.3, -0.25) is 19.7 Å². The van der Waals surface area contributed by atoms with E-state index in [9.17, 15) is 14.4 Å². The first kappa shape index (κ1) is 22.1. The first-order valence-corrected chi connectivity index (χ1v) is 11.9. The smallest absolute Gasteiger partial charge is 0.293 e. The van der Waals surface area contributed by atoms with Gasteiger partial charge in [-0.2, -0.15) is 0 Å².